The number of hydrogen-bond acceptors (Lipinski definition) is 4. The summed E-state index contributed by atoms with van der Waals surface area (Å²) in [6.07, 6.45) is -1.72. The maximum Gasteiger partial charge on any atom is 0.411 e. The molecule has 0 aliphatic heterocycles. The van der Waals surface area contributed by atoms with Crippen LogP contribution in [0, 0.1) is 6.92 Å². The molecular formula is C15H22F3NO3. The number of ether oxygens (including phenoxy) is 2. The summed E-state index contributed by atoms with van der Waals surface area (Å²) in [7, 11) is 0. The highest BCUT2D eigenvalue weighted by molar-refractivity contribution is 5.56. The van der Waals surface area contributed by atoms with Crippen LogP contribution in [0.1, 0.15) is 31.4 Å². The average molecular weight is 321 g/mol. The fourth-order valence-corrected chi connectivity index (χ4v) is 1.26. The summed E-state index contributed by atoms with van der Waals surface area (Å²) in [6, 6.07) is 1.61. The molecule has 0 spiro atoms. The number of nitrogens with zero attached hydrogens (tertiary/aromatic N) is 1. The van der Waals surface area contributed by atoms with Crippen molar-refractivity contribution in [1.82, 2.24) is 4.98 Å². The molecule has 1 N–H and O–H groups in total. The fraction of sp³-hybridized carbons (Fsp3) is 0.533. The third kappa shape index (κ3) is 9.23. The molecule has 0 amide bonds. The van der Waals surface area contributed by atoms with Gasteiger partial charge in [-0.25, -0.2) is 4.98 Å². The number of aryl methyl sites for hydroxylation is 1. The van der Waals surface area contributed by atoms with Crippen molar-refractivity contribution in [3.05, 3.63) is 30.0 Å². The van der Waals surface area contributed by atoms with Crippen molar-refractivity contribution in [2.24, 2.45) is 0 Å². The molecule has 1 heterocycles. The van der Waals surface area contributed by atoms with Crippen molar-refractivity contribution in [3.8, 4) is 5.88 Å². The Labute approximate surface area is 128 Å². The third-order valence-corrected chi connectivity index (χ3v) is 2.10. The van der Waals surface area contributed by atoms with Crippen LogP contribution in [0.15, 0.2) is 18.8 Å². The molecule has 1 aromatic heterocycles. The van der Waals surface area contributed by atoms with Gasteiger partial charge in [0.1, 0.15) is 19.0 Å². The third-order valence-electron chi connectivity index (χ3n) is 2.10. The maximum atomic E-state index is 11.8. The lowest BCUT2D eigenvalue weighted by atomic mass is 10.2. The molecule has 0 aliphatic rings. The lowest BCUT2D eigenvalue weighted by Crippen LogP contribution is -2.19. The van der Waals surface area contributed by atoms with E-state index in [0.717, 1.165) is 0 Å². The number of alkyl halides is 3. The molecule has 0 saturated heterocycles. The van der Waals surface area contributed by atoms with Crippen LogP contribution in [-0.4, -0.2) is 36.1 Å². The van der Waals surface area contributed by atoms with Crippen LogP contribution in [0.4, 0.5) is 13.2 Å². The van der Waals surface area contributed by atoms with Crippen LogP contribution in [-0.2, 0) is 4.74 Å². The van der Waals surface area contributed by atoms with E-state index in [-0.39, 0.29) is 24.9 Å². The van der Waals surface area contributed by atoms with Crippen molar-refractivity contribution < 1.29 is 27.8 Å². The van der Waals surface area contributed by atoms with Gasteiger partial charge in [0.2, 0.25) is 5.88 Å². The lowest BCUT2D eigenvalue weighted by molar-refractivity contribution is -0.175. The largest absolute Gasteiger partial charge is 0.508 e. The molecule has 0 fully saturated rings. The Kier molecular flexibility index (Phi) is 9.24. The van der Waals surface area contributed by atoms with Crippen molar-refractivity contribution in [1.29, 1.82) is 0 Å². The molecule has 22 heavy (non-hydrogen) atoms. The van der Waals surface area contributed by atoms with Crippen molar-refractivity contribution in [3.63, 3.8) is 0 Å². The quantitative estimate of drug-likeness (QED) is 0.627. The molecular weight excluding hydrogens is 299 g/mol. The topological polar surface area (TPSA) is 51.6 Å². The van der Waals surface area contributed by atoms with Gasteiger partial charge in [-0.3, -0.25) is 0 Å². The van der Waals surface area contributed by atoms with Crippen LogP contribution in [0.3, 0.4) is 0 Å². The first kappa shape index (κ1) is 20.2. The lowest BCUT2D eigenvalue weighted by Gasteiger charge is -2.10. The van der Waals surface area contributed by atoms with Gasteiger partial charge < -0.3 is 14.6 Å². The summed E-state index contributed by atoms with van der Waals surface area (Å²) < 4.78 is 44.9. The van der Waals surface area contributed by atoms with E-state index in [1.54, 1.807) is 13.0 Å². The van der Waals surface area contributed by atoms with Gasteiger partial charge in [-0.05, 0) is 13.0 Å². The summed E-state index contributed by atoms with van der Waals surface area (Å²) >= 11 is 0. The van der Waals surface area contributed by atoms with E-state index >= 15 is 0 Å². The first-order valence-electron chi connectivity index (χ1n) is 6.83. The second-order valence-electron chi connectivity index (χ2n) is 4.52. The van der Waals surface area contributed by atoms with Gasteiger partial charge in [-0.1, -0.05) is 26.8 Å². The molecule has 1 aromatic rings. The van der Waals surface area contributed by atoms with E-state index in [9.17, 15) is 13.2 Å². The highest BCUT2D eigenvalue weighted by Crippen LogP contribution is 2.18. The molecule has 0 unspecified atom stereocenters. The van der Waals surface area contributed by atoms with E-state index in [4.69, 9.17) is 9.84 Å². The molecule has 0 atom stereocenters. The normalized spacial score (nSPS) is 10.6. The summed E-state index contributed by atoms with van der Waals surface area (Å²) in [5.74, 6) is 0.163. The smallest absolute Gasteiger partial charge is 0.411 e. The van der Waals surface area contributed by atoms with Gasteiger partial charge in [0, 0.05) is 17.3 Å². The number of rotatable bonds is 6. The number of aliphatic hydroxyl groups is 1. The highest BCUT2D eigenvalue weighted by Gasteiger charge is 2.27. The monoisotopic (exact) mass is 321 g/mol. The average Bonchev–Trinajstić information content (AvgIpc) is 2.39. The molecule has 0 aromatic carbocycles. The number of pyridine rings is 1. The number of aliphatic hydroxyl groups excluding tert-OH is 1. The van der Waals surface area contributed by atoms with Crippen LogP contribution < -0.4 is 4.74 Å². The van der Waals surface area contributed by atoms with Gasteiger partial charge in [-0.2, -0.15) is 13.2 Å². The minimum atomic E-state index is -4.34. The Hall–Kier alpha value is -1.76. The first-order chi connectivity index (χ1) is 10.2. The second kappa shape index (κ2) is 10.0. The minimum absolute atomic E-state index is 0.0384. The molecule has 0 saturated carbocycles. The van der Waals surface area contributed by atoms with E-state index in [1.165, 1.54) is 12.6 Å². The SMILES string of the molecule is C=C(O)c1cnc(OCCOCC(F)(F)F)c(C)c1.CCC. The zero-order valence-corrected chi connectivity index (χ0v) is 13.0. The number of aromatic nitrogens is 1. The predicted octanol–water partition coefficient (Wildman–Crippen LogP) is 4.29. The summed E-state index contributed by atoms with van der Waals surface area (Å²) in [5, 5.41) is 9.16. The van der Waals surface area contributed by atoms with Crippen LogP contribution in [0.5, 0.6) is 5.88 Å². The fourth-order valence-electron chi connectivity index (χ4n) is 1.26. The number of hydrogen-bond donors (Lipinski definition) is 1. The molecule has 0 bridgehead atoms. The second-order valence-corrected chi connectivity index (χ2v) is 4.52. The Bertz CT molecular complexity index is 462. The highest BCUT2D eigenvalue weighted by atomic mass is 19.4. The summed E-state index contributed by atoms with van der Waals surface area (Å²) in [4.78, 5) is 3.93. The van der Waals surface area contributed by atoms with E-state index < -0.39 is 12.8 Å². The van der Waals surface area contributed by atoms with Crippen molar-refractivity contribution in [2.75, 3.05) is 19.8 Å². The van der Waals surface area contributed by atoms with Gasteiger partial charge >= 0.3 is 6.18 Å². The van der Waals surface area contributed by atoms with E-state index in [1.807, 2.05) is 0 Å². The van der Waals surface area contributed by atoms with E-state index in [2.05, 4.69) is 30.1 Å². The minimum Gasteiger partial charge on any atom is -0.508 e. The van der Waals surface area contributed by atoms with Crippen molar-refractivity contribution in [2.45, 2.75) is 33.4 Å². The Balaban J connectivity index is 0.00000135. The van der Waals surface area contributed by atoms with Gasteiger partial charge in [0.05, 0.1) is 6.61 Å². The van der Waals surface area contributed by atoms with Gasteiger partial charge in [0.25, 0.3) is 0 Å². The first-order valence-corrected chi connectivity index (χ1v) is 6.83. The zero-order valence-electron chi connectivity index (χ0n) is 13.0. The molecule has 0 aliphatic carbocycles. The standard InChI is InChI=1S/C12H14F3NO3.C3H8/c1-8-5-10(9(2)17)6-16-11(8)19-4-3-18-7-12(13,14)15;1-3-2/h5-6,17H,2-4,7H2,1H3;3H2,1-2H3. The number of halogens is 3. The van der Waals surface area contributed by atoms with Crippen molar-refractivity contribution >= 4 is 5.76 Å². The molecule has 1 rings (SSSR count). The van der Waals surface area contributed by atoms with Crippen LogP contribution in [0.2, 0.25) is 0 Å². The van der Waals surface area contributed by atoms with Crippen LogP contribution in [0.25, 0.3) is 5.76 Å². The Morgan fingerprint density at radius 1 is 1.32 bits per heavy atom. The summed E-state index contributed by atoms with van der Waals surface area (Å²) in [6.45, 7) is 7.78. The molecule has 126 valence electrons. The molecule has 0 radical (unpaired) electrons. The Morgan fingerprint density at radius 3 is 2.36 bits per heavy atom. The van der Waals surface area contributed by atoms with Gasteiger partial charge in [-0.15, -0.1) is 0 Å². The molecule has 7 heteroatoms. The van der Waals surface area contributed by atoms with E-state index in [0.29, 0.717) is 11.1 Å². The molecule has 4 nitrogen and oxygen atoms in total. The zero-order chi connectivity index (χ0) is 17.2. The Morgan fingerprint density at radius 2 is 1.91 bits per heavy atom. The summed E-state index contributed by atoms with van der Waals surface area (Å²) in [5.41, 5.74) is 1.10. The van der Waals surface area contributed by atoms with Crippen LogP contribution >= 0.6 is 0 Å². The van der Waals surface area contributed by atoms with Gasteiger partial charge in [0.15, 0.2) is 0 Å². The predicted molar refractivity (Wildman–Crippen MR) is 79.0 cm³/mol. The maximum absolute atomic E-state index is 11.8.